The highest BCUT2D eigenvalue weighted by Crippen LogP contribution is 2.20. The van der Waals surface area contributed by atoms with Crippen LogP contribution in [0.25, 0.3) is 22.5 Å². The monoisotopic (exact) mass is 352 g/mol. The molecule has 0 aliphatic rings. The summed E-state index contributed by atoms with van der Waals surface area (Å²) in [4.78, 5) is 0. The summed E-state index contributed by atoms with van der Waals surface area (Å²) in [5.74, 6) is 0.496. The third kappa shape index (κ3) is 3.65. The first-order chi connectivity index (χ1) is 13.2. The lowest BCUT2D eigenvalue weighted by molar-refractivity contribution is -0.596. The largest absolute Gasteiger partial charge is 0.214 e. The van der Waals surface area contributed by atoms with Crippen LogP contribution >= 0.6 is 0 Å². The zero-order valence-electron chi connectivity index (χ0n) is 15.8. The molecule has 2 aromatic heterocycles. The van der Waals surface area contributed by atoms with Gasteiger partial charge in [0.15, 0.2) is 24.8 Å². The molecule has 0 aliphatic heterocycles. The van der Waals surface area contributed by atoms with Gasteiger partial charge >= 0.3 is 0 Å². The fourth-order valence-corrected chi connectivity index (χ4v) is 3.38. The van der Waals surface area contributed by atoms with Gasteiger partial charge in [0.1, 0.15) is 0 Å². The van der Waals surface area contributed by atoms with Gasteiger partial charge in [0, 0.05) is 48.0 Å². The molecule has 0 amide bonds. The molecule has 132 valence electrons. The predicted octanol–water partition coefficient (Wildman–Crippen LogP) is 5.03. The van der Waals surface area contributed by atoms with E-state index in [-0.39, 0.29) is 0 Å². The van der Waals surface area contributed by atoms with Crippen molar-refractivity contribution >= 4 is 0 Å². The van der Waals surface area contributed by atoms with Crippen LogP contribution in [-0.4, -0.2) is 0 Å². The second-order valence-corrected chi connectivity index (χ2v) is 7.04. The summed E-state index contributed by atoms with van der Waals surface area (Å²) in [6.45, 7) is 4.47. The minimum Gasteiger partial charge on any atom is -0.167 e. The first-order valence-electron chi connectivity index (χ1n) is 9.40. The normalized spacial score (nSPS) is 10.9. The highest BCUT2D eigenvalue weighted by atomic mass is 14.9. The van der Waals surface area contributed by atoms with E-state index in [2.05, 4.69) is 121 Å². The lowest BCUT2D eigenvalue weighted by Gasteiger charge is -2.08. The third-order valence-corrected chi connectivity index (χ3v) is 4.88. The summed E-state index contributed by atoms with van der Waals surface area (Å²) in [5, 5.41) is 0. The molecular formula is C25H24N2+2. The Balaban J connectivity index is 1.62. The minimum atomic E-state index is 0.496. The van der Waals surface area contributed by atoms with Crippen LogP contribution in [0.4, 0.5) is 0 Å². The van der Waals surface area contributed by atoms with Crippen molar-refractivity contribution in [1.29, 1.82) is 0 Å². The maximum atomic E-state index is 2.24. The second kappa shape index (κ2) is 7.55. The Morgan fingerprint density at radius 2 is 1.07 bits per heavy atom. The Kier molecular flexibility index (Phi) is 4.80. The van der Waals surface area contributed by atoms with Crippen LogP contribution in [0, 0.1) is 0 Å². The number of hydrogen-bond donors (Lipinski definition) is 0. The van der Waals surface area contributed by atoms with Gasteiger partial charge in [-0.15, -0.1) is 0 Å². The van der Waals surface area contributed by atoms with Gasteiger partial charge in [-0.1, -0.05) is 50.2 Å². The fraction of sp³-hybridized carbons (Fsp3) is 0.120. The Bertz CT molecular complexity index is 1020. The van der Waals surface area contributed by atoms with Gasteiger partial charge in [-0.2, -0.15) is 9.13 Å². The molecule has 0 spiro atoms. The predicted molar refractivity (Wildman–Crippen MR) is 109 cm³/mol. The van der Waals surface area contributed by atoms with E-state index in [1.807, 2.05) is 6.07 Å². The Morgan fingerprint density at radius 3 is 1.67 bits per heavy atom. The fourth-order valence-electron chi connectivity index (χ4n) is 3.38. The van der Waals surface area contributed by atoms with Crippen LogP contribution in [-0.2, 0) is 0 Å². The molecule has 27 heavy (non-hydrogen) atoms. The van der Waals surface area contributed by atoms with Crippen LogP contribution in [0.1, 0.15) is 25.3 Å². The number of nitrogens with zero attached hydrogens (tertiary/aromatic N) is 2. The standard InChI is InChI=1S/C25H24N2/c1-20(2)24-10-6-7-11-25(24)27-18-14-22(15-19-27)21-12-16-26(17-13-21)23-8-4-3-5-9-23/h3-20H,1-2H3/q+2. The van der Waals surface area contributed by atoms with E-state index in [1.54, 1.807) is 0 Å². The third-order valence-electron chi connectivity index (χ3n) is 4.88. The Hall–Kier alpha value is -3.26. The quantitative estimate of drug-likeness (QED) is 0.455. The van der Waals surface area contributed by atoms with Gasteiger partial charge < -0.3 is 0 Å². The SMILES string of the molecule is CC(C)c1ccccc1-[n+]1ccc(-c2cc[n+](-c3ccccc3)cc2)cc1. The van der Waals surface area contributed by atoms with Crippen LogP contribution in [0.3, 0.4) is 0 Å². The highest BCUT2D eigenvalue weighted by Gasteiger charge is 2.14. The summed E-state index contributed by atoms with van der Waals surface area (Å²) in [6.07, 6.45) is 8.52. The van der Waals surface area contributed by atoms with Crippen LogP contribution < -0.4 is 9.13 Å². The minimum absolute atomic E-state index is 0.496. The van der Waals surface area contributed by atoms with Crippen molar-refractivity contribution in [2.45, 2.75) is 19.8 Å². The summed E-state index contributed by atoms with van der Waals surface area (Å²) >= 11 is 0. The van der Waals surface area contributed by atoms with Crippen molar-refractivity contribution in [3.05, 3.63) is 109 Å². The second-order valence-electron chi connectivity index (χ2n) is 7.04. The molecule has 2 aromatic carbocycles. The maximum absolute atomic E-state index is 2.24. The van der Waals surface area contributed by atoms with Gasteiger partial charge in [-0.05, 0) is 17.0 Å². The zero-order chi connectivity index (χ0) is 18.6. The van der Waals surface area contributed by atoms with Crippen molar-refractivity contribution in [2.24, 2.45) is 0 Å². The van der Waals surface area contributed by atoms with Gasteiger partial charge in [-0.25, -0.2) is 0 Å². The van der Waals surface area contributed by atoms with E-state index < -0.39 is 0 Å². The topological polar surface area (TPSA) is 7.76 Å². The Labute approximate surface area is 161 Å². The molecule has 0 saturated carbocycles. The smallest absolute Gasteiger partial charge is 0.167 e. The van der Waals surface area contributed by atoms with Crippen LogP contribution in [0.15, 0.2) is 104 Å². The van der Waals surface area contributed by atoms with Gasteiger partial charge in [0.25, 0.3) is 0 Å². The van der Waals surface area contributed by atoms with Crippen LogP contribution in [0.2, 0.25) is 0 Å². The van der Waals surface area contributed by atoms with Crippen molar-refractivity contribution in [3.63, 3.8) is 0 Å². The van der Waals surface area contributed by atoms with E-state index >= 15 is 0 Å². The summed E-state index contributed by atoms with van der Waals surface area (Å²) in [5.41, 5.74) is 6.20. The molecule has 2 heteroatoms. The van der Waals surface area contributed by atoms with Crippen molar-refractivity contribution in [1.82, 2.24) is 0 Å². The molecule has 0 N–H and O–H groups in total. The van der Waals surface area contributed by atoms with Crippen molar-refractivity contribution < 1.29 is 9.13 Å². The summed E-state index contributed by atoms with van der Waals surface area (Å²) in [6, 6.07) is 27.6. The molecule has 0 bridgehead atoms. The van der Waals surface area contributed by atoms with Gasteiger partial charge in [0.05, 0.1) is 0 Å². The molecular weight excluding hydrogens is 328 g/mol. The summed E-state index contributed by atoms with van der Waals surface area (Å²) in [7, 11) is 0. The number of benzene rings is 2. The molecule has 0 fully saturated rings. The molecule has 0 aliphatic carbocycles. The first-order valence-corrected chi connectivity index (χ1v) is 9.40. The maximum Gasteiger partial charge on any atom is 0.214 e. The van der Waals surface area contributed by atoms with Gasteiger partial charge in [0.2, 0.25) is 11.4 Å². The van der Waals surface area contributed by atoms with Crippen molar-refractivity contribution in [3.8, 4) is 22.5 Å². The molecule has 2 nitrogen and oxygen atoms in total. The van der Waals surface area contributed by atoms with E-state index in [9.17, 15) is 0 Å². The van der Waals surface area contributed by atoms with E-state index in [4.69, 9.17) is 0 Å². The first kappa shape index (κ1) is 17.2. The Morgan fingerprint density at radius 1 is 0.556 bits per heavy atom. The van der Waals surface area contributed by atoms with Crippen LogP contribution in [0.5, 0.6) is 0 Å². The number of rotatable bonds is 4. The zero-order valence-corrected chi connectivity index (χ0v) is 15.8. The number of pyridine rings is 2. The molecule has 0 atom stereocenters. The van der Waals surface area contributed by atoms with E-state index in [0.29, 0.717) is 5.92 Å². The molecule has 0 radical (unpaired) electrons. The lowest BCUT2D eigenvalue weighted by Crippen LogP contribution is -2.31. The average Bonchev–Trinajstić information content (AvgIpc) is 2.75. The number of para-hydroxylation sites is 2. The van der Waals surface area contributed by atoms with Gasteiger partial charge in [-0.3, -0.25) is 0 Å². The molecule has 0 unspecified atom stereocenters. The van der Waals surface area contributed by atoms with Crippen molar-refractivity contribution in [2.75, 3.05) is 0 Å². The van der Waals surface area contributed by atoms with E-state index in [1.165, 1.54) is 28.1 Å². The van der Waals surface area contributed by atoms with E-state index in [0.717, 1.165) is 0 Å². The number of hydrogen-bond acceptors (Lipinski definition) is 0. The molecule has 0 saturated heterocycles. The summed E-state index contributed by atoms with van der Waals surface area (Å²) < 4.78 is 4.33. The molecule has 4 aromatic rings. The lowest BCUT2D eigenvalue weighted by atomic mass is 10.0. The highest BCUT2D eigenvalue weighted by molar-refractivity contribution is 5.61. The molecule has 4 rings (SSSR count). The molecule has 2 heterocycles. The number of aromatic nitrogens is 2. The average molecular weight is 352 g/mol.